The van der Waals surface area contributed by atoms with Crippen LogP contribution in [0, 0.1) is 0 Å². The molecular weight excluding hydrogens is 206 g/mol. The molecule has 0 bridgehead atoms. The van der Waals surface area contributed by atoms with Crippen LogP contribution in [-0.4, -0.2) is 23.4 Å². The van der Waals surface area contributed by atoms with Gasteiger partial charge in [-0.3, -0.25) is 0 Å². The molecule has 1 atom stereocenters. The number of aromatic nitrogens is 2. The van der Waals surface area contributed by atoms with Crippen LogP contribution in [0.3, 0.4) is 0 Å². The zero-order chi connectivity index (χ0) is 12.0. The fraction of sp³-hybridized carbons (Fsp3) is 0.818. The molecule has 92 valence electrons. The molecule has 5 nitrogen and oxygen atoms in total. The molecule has 5 heteroatoms. The highest BCUT2D eigenvalue weighted by atomic mass is 16.5. The standard InChI is InChI=1S/C11H21N3O2/c1-4-11(3,12)10-13-9(16-14-10)7-6-8-15-5-2/h4-8,12H2,1-3H3. The van der Waals surface area contributed by atoms with Crippen LogP contribution in [0.5, 0.6) is 0 Å². The second-order valence-corrected chi connectivity index (χ2v) is 4.08. The lowest BCUT2D eigenvalue weighted by molar-refractivity contribution is 0.143. The molecule has 16 heavy (non-hydrogen) atoms. The van der Waals surface area contributed by atoms with E-state index in [1.165, 1.54) is 0 Å². The van der Waals surface area contributed by atoms with E-state index in [1.54, 1.807) is 0 Å². The van der Waals surface area contributed by atoms with E-state index in [-0.39, 0.29) is 0 Å². The summed E-state index contributed by atoms with van der Waals surface area (Å²) in [5.41, 5.74) is 5.52. The van der Waals surface area contributed by atoms with E-state index in [0.717, 1.165) is 32.5 Å². The van der Waals surface area contributed by atoms with Crippen LogP contribution in [0.2, 0.25) is 0 Å². The third kappa shape index (κ3) is 3.57. The first-order valence-electron chi connectivity index (χ1n) is 5.79. The Labute approximate surface area is 96.4 Å². The lowest BCUT2D eigenvalue weighted by atomic mass is 10.0. The Balaban J connectivity index is 2.45. The molecule has 0 fully saturated rings. The van der Waals surface area contributed by atoms with Crippen LogP contribution in [0.25, 0.3) is 0 Å². The third-order valence-corrected chi connectivity index (χ3v) is 2.60. The number of nitrogens with zero attached hydrogens (tertiary/aromatic N) is 2. The first-order valence-corrected chi connectivity index (χ1v) is 5.79. The minimum absolute atomic E-state index is 0.498. The number of nitrogens with two attached hydrogens (primary N) is 1. The molecule has 1 heterocycles. The maximum Gasteiger partial charge on any atom is 0.226 e. The van der Waals surface area contributed by atoms with Gasteiger partial charge in [-0.2, -0.15) is 4.98 Å². The average Bonchev–Trinajstić information content (AvgIpc) is 2.74. The van der Waals surface area contributed by atoms with Gasteiger partial charge in [-0.15, -0.1) is 0 Å². The van der Waals surface area contributed by atoms with Gasteiger partial charge in [0.15, 0.2) is 5.82 Å². The summed E-state index contributed by atoms with van der Waals surface area (Å²) >= 11 is 0. The summed E-state index contributed by atoms with van der Waals surface area (Å²) in [6.45, 7) is 7.35. The van der Waals surface area contributed by atoms with Crippen molar-refractivity contribution in [1.82, 2.24) is 10.1 Å². The van der Waals surface area contributed by atoms with Gasteiger partial charge in [0.25, 0.3) is 0 Å². The Morgan fingerprint density at radius 3 is 2.81 bits per heavy atom. The van der Waals surface area contributed by atoms with Gasteiger partial charge >= 0.3 is 0 Å². The van der Waals surface area contributed by atoms with Crippen molar-refractivity contribution < 1.29 is 9.26 Å². The first-order chi connectivity index (χ1) is 7.60. The van der Waals surface area contributed by atoms with E-state index in [1.807, 2.05) is 20.8 Å². The molecule has 0 amide bonds. The van der Waals surface area contributed by atoms with Crippen LogP contribution < -0.4 is 5.73 Å². The third-order valence-electron chi connectivity index (χ3n) is 2.60. The van der Waals surface area contributed by atoms with Crippen LogP contribution in [0.15, 0.2) is 4.52 Å². The molecule has 0 spiro atoms. The van der Waals surface area contributed by atoms with Gasteiger partial charge in [0, 0.05) is 19.6 Å². The van der Waals surface area contributed by atoms with Crippen molar-refractivity contribution in [2.45, 2.75) is 45.6 Å². The molecule has 1 rings (SSSR count). The summed E-state index contributed by atoms with van der Waals surface area (Å²) in [5.74, 6) is 1.22. The Kier molecular flexibility index (Phi) is 4.89. The van der Waals surface area contributed by atoms with E-state index < -0.39 is 5.54 Å². The molecule has 0 radical (unpaired) electrons. The van der Waals surface area contributed by atoms with E-state index in [2.05, 4.69) is 10.1 Å². The summed E-state index contributed by atoms with van der Waals surface area (Å²) in [4.78, 5) is 4.29. The van der Waals surface area contributed by atoms with Gasteiger partial charge in [0.1, 0.15) is 0 Å². The fourth-order valence-corrected chi connectivity index (χ4v) is 1.22. The van der Waals surface area contributed by atoms with Crippen LogP contribution in [-0.2, 0) is 16.7 Å². The maximum atomic E-state index is 6.02. The number of ether oxygens (including phenoxy) is 1. The lowest BCUT2D eigenvalue weighted by Crippen LogP contribution is -2.33. The minimum atomic E-state index is -0.498. The van der Waals surface area contributed by atoms with Crippen LogP contribution in [0.4, 0.5) is 0 Å². The smallest absolute Gasteiger partial charge is 0.226 e. The summed E-state index contributed by atoms with van der Waals surface area (Å²) in [6.07, 6.45) is 2.42. The zero-order valence-corrected chi connectivity index (χ0v) is 10.3. The number of rotatable bonds is 7. The highest BCUT2D eigenvalue weighted by Crippen LogP contribution is 2.18. The summed E-state index contributed by atoms with van der Waals surface area (Å²) in [7, 11) is 0. The first kappa shape index (κ1) is 13.1. The quantitative estimate of drug-likeness (QED) is 0.716. The minimum Gasteiger partial charge on any atom is -0.382 e. The van der Waals surface area contributed by atoms with Gasteiger partial charge < -0.3 is 15.0 Å². The van der Waals surface area contributed by atoms with Crippen molar-refractivity contribution in [3.63, 3.8) is 0 Å². The van der Waals surface area contributed by atoms with Gasteiger partial charge in [-0.1, -0.05) is 12.1 Å². The summed E-state index contributed by atoms with van der Waals surface area (Å²) in [6, 6.07) is 0. The van der Waals surface area contributed by atoms with Crippen molar-refractivity contribution >= 4 is 0 Å². The molecule has 0 aliphatic rings. The average molecular weight is 227 g/mol. The van der Waals surface area contributed by atoms with Crippen LogP contribution in [0.1, 0.15) is 45.3 Å². The molecule has 1 aromatic rings. The maximum absolute atomic E-state index is 6.02. The van der Waals surface area contributed by atoms with Crippen molar-refractivity contribution in [3.05, 3.63) is 11.7 Å². The van der Waals surface area contributed by atoms with Crippen molar-refractivity contribution in [3.8, 4) is 0 Å². The van der Waals surface area contributed by atoms with Crippen LogP contribution >= 0.6 is 0 Å². The second kappa shape index (κ2) is 5.96. The Bertz CT molecular complexity index is 310. The highest BCUT2D eigenvalue weighted by molar-refractivity contribution is 5.00. The molecule has 0 aliphatic carbocycles. The zero-order valence-electron chi connectivity index (χ0n) is 10.3. The van der Waals surface area contributed by atoms with Gasteiger partial charge in [-0.25, -0.2) is 0 Å². The highest BCUT2D eigenvalue weighted by Gasteiger charge is 2.24. The molecule has 2 N–H and O–H groups in total. The van der Waals surface area contributed by atoms with Gasteiger partial charge in [-0.05, 0) is 26.7 Å². The molecule has 0 aliphatic heterocycles. The second-order valence-electron chi connectivity index (χ2n) is 4.08. The lowest BCUT2D eigenvalue weighted by Gasteiger charge is -2.16. The Hall–Kier alpha value is -0.940. The summed E-state index contributed by atoms with van der Waals surface area (Å²) < 4.78 is 10.4. The van der Waals surface area contributed by atoms with E-state index in [0.29, 0.717) is 11.7 Å². The van der Waals surface area contributed by atoms with E-state index >= 15 is 0 Å². The molecule has 1 unspecified atom stereocenters. The topological polar surface area (TPSA) is 74.2 Å². The number of aryl methyl sites for hydroxylation is 1. The van der Waals surface area contributed by atoms with Crippen molar-refractivity contribution in [1.29, 1.82) is 0 Å². The normalized spacial score (nSPS) is 15.0. The molecule has 1 aromatic heterocycles. The largest absolute Gasteiger partial charge is 0.382 e. The van der Waals surface area contributed by atoms with E-state index in [4.69, 9.17) is 15.0 Å². The molecular formula is C11H21N3O2. The molecule has 0 saturated carbocycles. The van der Waals surface area contributed by atoms with Gasteiger partial charge in [0.05, 0.1) is 5.54 Å². The molecule has 0 aromatic carbocycles. The number of hydrogen-bond acceptors (Lipinski definition) is 5. The van der Waals surface area contributed by atoms with Gasteiger partial charge in [0.2, 0.25) is 5.89 Å². The number of hydrogen-bond donors (Lipinski definition) is 1. The predicted molar refractivity (Wildman–Crippen MR) is 60.9 cm³/mol. The Morgan fingerprint density at radius 2 is 2.19 bits per heavy atom. The van der Waals surface area contributed by atoms with Crippen molar-refractivity contribution in [2.24, 2.45) is 5.73 Å². The van der Waals surface area contributed by atoms with Crippen molar-refractivity contribution in [2.75, 3.05) is 13.2 Å². The van der Waals surface area contributed by atoms with E-state index in [9.17, 15) is 0 Å². The monoisotopic (exact) mass is 227 g/mol. The predicted octanol–water partition coefficient (Wildman–Crippen LogP) is 1.62. The SMILES string of the molecule is CCOCCCc1nc(C(C)(N)CC)no1. The summed E-state index contributed by atoms with van der Waals surface area (Å²) in [5, 5.41) is 3.91. The fourth-order valence-electron chi connectivity index (χ4n) is 1.22. The molecule has 0 saturated heterocycles. The Morgan fingerprint density at radius 1 is 1.44 bits per heavy atom.